The first-order chi connectivity index (χ1) is 11.1. The zero-order valence-electron chi connectivity index (χ0n) is 12.2. The summed E-state index contributed by atoms with van der Waals surface area (Å²) in [5.41, 5.74) is 0.828. The molecule has 0 aliphatic carbocycles. The second-order valence-corrected chi connectivity index (χ2v) is 6.22. The number of rotatable bonds is 6. The van der Waals surface area contributed by atoms with E-state index in [0.717, 1.165) is 4.90 Å². The van der Waals surface area contributed by atoms with Crippen molar-refractivity contribution in [2.24, 2.45) is 0 Å². The summed E-state index contributed by atoms with van der Waals surface area (Å²) in [6.07, 6.45) is 0.292. The largest absolute Gasteiger partial charge is 0.325 e. The van der Waals surface area contributed by atoms with Crippen molar-refractivity contribution in [1.82, 2.24) is 0 Å². The average molecular weight is 349 g/mol. The lowest BCUT2D eigenvalue weighted by atomic mass is 10.1. The van der Waals surface area contributed by atoms with Crippen LogP contribution < -0.4 is 5.32 Å². The fourth-order valence-electron chi connectivity index (χ4n) is 1.96. The smallest absolute Gasteiger partial charge is 0.228 e. The van der Waals surface area contributed by atoms with E-state index in [0.29, 0.717) is 17.9 Å². The molecule has 0 atom stereocenters. The molecule has 0 saturated heterocycles. The van der Waals surface area contributed by atoms with Crippen LogP contribution in [-0.4, -0.2) is 11.7 Å². The van der Waals surface area contributed by atoms with Gasteiger partial charge in [-0.2, -0.15) is 5.26 Å². The number of nitrogens with one attached hydrogen (secondary N) is 1. The molecule has 0 radical (unpaired) electrons. The number of halogens is 2. The van der Waals surface area contributed by atoms with Crippen LogP contribution >= 0.6 is 23.4 Å². The molecular weight excluding hydrogens is 335 g/mol. The van der Waals surface area contributed by atoms with Gasteiger partial charge in [0.1, 0.15) is 5.82 Å². The maximum absolute atomic E-state index is 13.7. The highest BCUT2D eigenvalue weighted by Crippen LogP contribution is 2.28. The van der Waals surface area contributed by atoms with E-state index in [2.05, 4.69) is 11.4 Å². The van der Waals surface area contributed by atoms with Gasteiger partial charge in [-0.1, -0.05) is 29.8 Å². The van der Waals surface area contributed by atoms with Crippen LogP contribution in [0.1, 0.15) is 12.0 Å². The molecule has 2 rings (SSSR count). The first-order valence-electron chi connectivity index (χ1n) is 6.93. The van der Waals surface area contributed by atoms with Crippen LogP contribution in [0.2, 0.25) is 5.02 Å². The Balaban J connectivity index is 2.07. The van der Waals surface area contributed by atoms with Gasteiger partial charge in [-0.25, -0.2) is 4.39 Å². The van der Waals surface area contributed by atoms with Gasteiger partial charge in [0.05, 0.1) is 18.2 Å². The molecule has 1 amide bonds. The van der Waals surface area contributed by atoms with Gasteiger partial charge in [0.25, 0.3) is 0 Å². The molecule has 3 nitrogen and oxygen atoms in total. The molecule has 0 saturated carbocycles. The van der Waals surface area contributed by atoms with Gasteiger partial charge in [0.15, 0.2) is 0 Å². The molecule has 0 spiro atoms. The second kappa shape index (κ2) is 8.56. The van der Waals surface area contributed by atoms with E-state index in [1.807, 2.05) is 12.1 Å². The number of hydrogen-bond acceptors (Lipinski definition) is 3. The standard InChI is InChI=1S/C17H14ClFN2OS/c18-13-5-3-6-14(19)12(13)11-17(22)21-15-7-1-2-8-16(15)23-10-4-9-20/h1-3,5-8H,4,10-11H2,(H,21,22). The molecule has 118 valence electrons. The number of benzene rings is 2. The Morgan fingerprint density at radius 1 is 1.26 bits per heavy atom. The van der Waals surface area contributed by atoms with E-state index in [1.165, 1.54) is 23.9 Å². The minimum absolute atomic E-state index is 0.136. The summed E-state index contributed by atoms with van der Waals surface area (Å²) in [6, 6.07) is 13.7. The molecule has 0 heterocycles. The predicted octanol–water partition coefficient (Wildman–Crippen LogP) is 4.67. The highest BCUT2D eigenvalue weighted by Gasteiger charge is 2.13. The van der Waals surface area contributed by atoms with Crippen LogP contribution in [0.15, 0.2) is 47.4 Å². The number of amides is 1. The fraction of sp³-hybridized carbons (Fsp3) is 0.176. The van der Waals surface area contributed by atoms with E-state index < -0.39 is 5.82 Å². The summed E-state index contributed by atoms with van der Waals surface area (Å²) in [4.78, 5) is 13.0. The van der Waals surface area contributed by atoms with Crippen LogP contribution in [0.5, 0.6) is 0 Å². The van der Waals surface area contributed by atoms with Gasteiger partial charge in [0.2, 0.25) is 5.91 Å². The molecule has 2 aromatic carbocycles. The Hall–Kier alpha value is -2.03. The molecular formula is C17H14ClFN2OS. The van der Waals surface area contributed by atoms with Crippen molar-refractivity contribution in [1.29, 1.82) is 5.26 Å². The number of anilines is 1. The lowest BCUT2D eigenvalue weighted by Crippen LogP contribution is -2.16. The van der Waals surface area contributed by atoms with Gasteiger partial charge >= 0.3 is 0 Å². The van der Waals surface area contributed by atoms with Crippen LogP contribution in [-0.2, 0) is 11.2 Å². The normalized spacial score (nSPS) is 10.1. The molecule has 6 heteroatoms. The summed E-state index contributed by atoms with van der Waals surface area (Å²) in [5, 5.41) is 11.6. The third kappa shape index (κ3) is 4.98. The zero-order valence-corrected chi connectivity index (χ0v) is 13.8. The minimum atomic E-state index is -0.496. The van der Waals surface area contributed by atoms with Gasteiger partial charge in [-0.15, -0.1) is 11.8 Å². The van der Waals surface area contributed by atoms with Gasteiger partial charge in [-0.3, -0.25) is 4.79 Å². The first-order valence-corrected chi connectivity index (χ1v) is 8.29. The van der Waals surface area contributed by atoms with Gasteiger partial charge in [-0.05, 0) is 24.3 Å². The van der Waals surface area contributed by atoms with Crippen LogP contribution in [0, 0.1) is 17.1 Å². The summed E-state index contributed by atoms with van der Waals surface area (Å²) in [5.74, 6) is -0.197. The zero-order chi connectivity index (χ0) is 16.7. The van der Waals surface area contributed by atoms with Crippen LogP contribution in [0.3, 0.4) is 0 Å². The summed E-state index contributed by atoms with van der Waals surface area (Å²) >= 11 is 7.43. The molecule has 1 N–H and O–H groups in total. The van der Waals surface area contributed by atoms with Crippen molar-refractivity contribution in [3.05, 3.63) is 58.9 Å². The lowest BCUT2D eigenvalue weighted by molar-refractivity contribution is -0.115. The molecule has 2 aromatic rings. The summed E-state index contributed by atoms with van der Waals surface area (Å²) < 4.78 is 13.7. The number of carbonyl (C=O) groups excluding carboxylic acids is 1. The van der Waals surface area contributed by atoms with Crippen LogP contribution in [0.25, 0.3) is 0 Å². The summed E-state index contributed by atoms with van der Waals surface area (Å²) in [6.45, 7) is 0. The maximum Gasteiger partial charge on any atom is 0.228 e. The Morgan fingerprint density at radius 2 is 2.04 bits per heavy atom. The quantitative estimate of drug-likeness (QED) is 0.609. The number of hydrogen-bond donors (Lipinski definition) is 1. The van der Waals surface area contributed by atoms with Crippen molar-refractivity contribution >= 4 is 35.0 Å². The van der Waals surface area contributed by atoms with E-state index in [4.69, 9.17) is 16.9 Å². The number of para-hydroxylation sites is 1. The van der Waals surface area contributed by atoms with E-state index in [-0.39, 0.29) is 22.9 Å². The predicted molar refractivity (Wildman–Crippen MR) is 91.1 cm³/mol. The van der Waals surface area contributed by atoms with Gasteiger partial charge in [0, 0.05) is 27.7 Å². The maximum atomic E-state index is 13.7. The Kier molecular flexibility index (Phi) is 6.45. The highest BCUT2D eigenvalue weighted by molar-refractivity contribution is 7.99. The van der Waals surface area contributed by atoms with Crippen LogP contribution in [0.4, 0.5) is 10.1 Å². The fourth-order valence-corrected chi connectivity index (χ4v) is 3.05. The Morgan fingerprint density at radius 3 is 2.78 bits per heavy atom. The Bertz CT molecular complexity index is 725. The second-order valence-electron chi connectivity index (χ2n) is 4.68. The molecule has 0 aromatic heterocycles. The highest BCUT2D eigenvalue weighted by atomic mass is 35.5. The molecule has 0 unspecified atom stereocenters. The molecule has 0 aliphatic rings. The third-order valence-corrected chi connectivity index (χ3v) is 4.46. The van der Waals surface area contributed by atoms with Crippen molar-refractivity contribution in [2.75, 3.05) is 11.1 Å². The Labute approximate surface area is 143 Å². The molecule has 23 heavy (non-hydrogen) atoms. The summed E-state index contributed by atoms with van der Waals surface area (Å²) in [7, 11) is 0. The topological polar surface area (TPSA) is 52.9 Å². The lowest BCUT2D eigenvalue weighted by Gasteiger charge is -2.11. The number of nitrogens with zero attached hydrogens (tertiary/aromatic N) is 1. The van der Waals surface area contributed by atoms with Crippen molar-refractivity contribution in [3.63, 3.8) is 0 Å². The van der Waals surface area contributed by atoms with Crippen molar-refractivity contribution in [3.8, 4) is 6.07 Å². The number of nitriles is 1. The monoisotopic (exact) mass is 348 g/mol. The van der Waals surface area contributed by atoms with Gasteiger partial charge < -0.3 is 5.32 Å². The van der Waals surface area contributed by atoms with E-state index >= 15 is 0 Å². The average Bonchev–Trinajstić information content (AvgIpc) is 2.53. The molecule has 0 aliphatic heterocycles. The first kappa shape index (κ1) is 17.3. The number of carbonyl (C=O) groups is 1. The SMILES string of the molecule is N#CCCSc1ccccc1NC(=O)Cc1c(F)cccc1Cl. The van der Waals surface area contributed by atoms with E-state index in [1.54, 1.807) is 18.2 Å². The molecule has 0 bridgehead atoms. The minimum Gasteiger partial charge on any atom is -0.325 e. The van der Waals surface area contributed by atoms with Crippen molar-refractivity contribution < 1.29 is 9.18 Å². The third-order valence-electron chi connectivity index (χ3n) is 3.03. The molecule has 0 fully saturated rings. The number of thioether (sulfide) groups is 1. The van der Waals surface area contributed by atoms with Crippen molar-refractivity contribution in [2.45, 2.75) is 17.7 Å². The van der Waals surface area contributed by atoms with E-state index in [9.17, 15) is 9.18 Å².